The summed E-state index contributed by atoms with van der Waals surface area (Å²) in [6, 6.07) is 4.80. The zero-order valence-electron chi connectivity index (χ0n) is 14.9. The molecule has 0 bridgehead atoms. The molecule has 0 aliphatic heterocycles. The number of amides is 4. The monoisotopic (exact) mass is 334 g/mol. The molecule has 24 heavy (non-hydrogen) atoms. The smallest absolute Gasteiger partial charge is 0.322 e. The molecule has 0 fully saturated rings. The van der Waals surface area contributed by atoms with Crippen LogP contribution in [0.1, 0.15) is 36.2 Å². The first-order chi connectivity index (χ1) is 11.3. The molecule has 0 saturated heterocycles. The Morgan fingerprint density at radius 3 is 2.46 bits per heavy atom. The summed E-state index contributed by atoms with van der Waals surface area (Å²) in [4.78, 5) is 36.8. The van der Waals surface area contributed by atoms with Gasteiger partial charge in [0.2, 0.25) is 5.91 Å². The van der Waals surface area contributed by atoms with E-state index in [-0.39, 0.29) is 24.4 Å². The summed E-state index contributed by atoms with van der Waals surface area (Å²) in [5.74, 6) is -0.386. The van der Waals surface area contributed by atoms with Crippen LogP contribution in [-0.4, -0.2) is 49.4 Å². The number of nitrogens with zero attached hydrogens (tertiary/aromatic N) is 1. The summed E-state index contributed by atoms with van der Waals surface area (Å²) in [6.45, 7) is 5.73. The van der Waals surface area contributed by atoms with Gasteiger partial charge in [-0.25, -0.2) is 4.79 Å². The second-order valence-corrected chi connectivity index (χ2v) is 5.77. The third kappa shape index (κ3) is 5.57. The van der Waals surface area contributed by atoms with Crippen LogP contribution in [-0.2, 0) is 4.79 Å². The van der Waals surface area contributed by atoms with Gasteiger partial charge in [-0.3, -0.25) is 9.59 Å². The minimum atomic E-state index is -0.390. The molecule has 1 aromatic rings. The van der Waals surface area contributed by atoms with Gasteiger partial charge in [0.1, 0.15) is 6.54 Å². The van der Waals surface area contributed by atoms with Crippen LogP contribution in [0, 0.1) is 6.92 Å². The van der Waals surface area contributed by atoms with Crippen molar-refractivity contribution in [1.82, 2.24) is 15.5 Å². The van der Waals surface area contributed by atoms with Crippen molar-refractivity contribution in [3.8, 4) is 0 Å². The highest BCUT2D eigenvalue weighted by atomic mass is 16.2. The summed E-state index contributed by atoms with van der Waals surface area (Å²) in [6.07, 6.45) is 0.858. The van der Waals surface area contributed by atoms with Crippen LogP contribution < -0.4 is 16.0 Å². The van der Waals surface area contributed by atoms with Crippen molar-refractivity contribution in [2.75, 3.05) is 26.0 Å². The third-order valence-electron chi connectivity index (χ3n) is 3.73. The average molecular weight is 334 g/mol. The lowest BCUT2D eigenvalue weighted by atomic mass is 10.1. The number of hydrogen-bond acceptors (Lipinski definition) is 3. The summed E-state index contributed by atoms with van der Waals surface area (Å²) < 4.78 is 0. The predicted octanol–water partition coefficient (Wildman–Crippen LogP) is 1.73. The Balaban J connectivity index is 2.76. The number of urea groups is 1. The lowest BCUT2D eigenvalue weighted by Crippen LogP contribution is -2.39. The van der Waals surface area contributed by atoms with Crippen molar-refractivity contribution in [2.24, 2.45) is 0 Å². The van der Waals surface area contributed by atoms with E-state index in [9.17, 15) is 14.4 Å². The molecule has 0 aromatic heterocycles. The second-order valence-electron chi connectivity index (χ2n) is 5.77. The number of aryl methyl sites for hydroxylation is 1. The van der Waals surface area contributed by atoms with Crippen LogP contribution >= 0.6 is 0 Å². The SMILES string of the molecule is CCC(C)NC(=O)c1ccc(NC(=O)N(C)CC(=O)NC)c(C)c1. The molecule has 1 rings (SSSR count). The Labute approximate surface area is 142 Å². The number of nitrogens with one attached hydrogen (secondary N) is 3. The van der Waals surface area contributed by atoms with E-state index >= 15 is 0 Å². The number of carbonyl (C=O) groups is 3. The Hall–Kier alpha value is -2.57. The number of benzene rings is 1. The maximum atomic E-state index is 12.1. The van der Waals surface area contributed by atoms with E-state index in [0.717, 1.165) is 12.0 Å². The van der Waals surface area contributed by atoms with E-state index in [4.69, 9.17) is 0 Å². The highest BCUT2D eigenvalue weighted by molar-refractivity contribution is 5.96. The minimum absolute atomic E-state index is 0.0310. The lowest BCUT2D eigenvalue weighted by Gasteiger charge is -2.18. The molecule has 1 unspecified atom stereocenters. The van der Waals surface area contributed by atoms with E-state index in [1.54, 1.807) is 18.2 Å². The van der Waals surface area contributed by atoms with Gasteiger partial charge < -0.3 is 20.9 Å². The van der Waals surface area contributed by atoms with Crippen LogP contribution in [0.4, 0.5) is 10.5 Å². The van der Waals surface area contributed by atoms with Crippen molar-refractivity contribution in [2.45, 2.75) is 33.2 Å². The van der Waals surface area contributed by atoms with Crippen LogP contribution in [0.3, 0.4) is 0 Å². The predicted molar refractivity (Wildman–Crippen MR) is 94.1 cm³/mol. The maximum absolute atomic E-state index is 12.1. The summed E-state index contributed by atoms with van der Waals surface area (Å²) >= 11 is 0. The van der Waals surface area contributed by atoms with E-state index in [2.05, 4.69) is 16.0 Å². The van der Waals surface area contributed by atoms with E-state index < -0.39 is 6.03 Å². The highest BCUT2D eigenvalue weighted by Gasteiger charge is 2.14. The molecule has 1 atom stereocenters. The standard InChI is InChI=1S/C17H26N4O3/c1-6-12(3)19-16(23)13-7-8-14(11(2)9-13)20-17(24)21(5)10-15(22)18-4/h7-9,12H,6,10H2,1-5H3,(H,18,22)(H,19,23)(H,20,24). The third-order valence-corrected chi connectivity index (χ3v) is 3.73. The highest BCUT2D eigenvalue weighted by Crippen LogP contribution is 2.17. The van der Waals surface area contributed by atoms with Gasteiger partial charge >= 0.3 is 6.03 Å². The Morgan fingerprint density at radius 2 is 1.92 bits per heavy atom. The van der Waals surface area contributed by atoms with Crippen molar-refractivity contribution >= 4 is 23.5 Å². The van der Waals surface area contributed by atoms with Crippen LogP contribution in [0.2, 0.25) is 0 Å². The molecule has 7 heteroatoms. The molecule has 7 nitrogen and oxygen atoms in total. The summed E-state index contributed by atoms with van der Waals surface area (Å²) in [5.41, 5.74) is 1.92. The molecule has 132 valence electrons. The first kappa shape index (κ1) is 19.5. The molecule has 0 aliphatic rings. The van der Waals surface area contributed by atoms with Crippen LogP contribution in [0.5, 0.6) is 0 Å². The Kier molecular flexibility index (Phi) is 7.23. The Morgan fingerprint density at radius 1 is 1.25 bits per heavy atom. The first-order valence-corrected chi connectivity index (χ1v) is 7.92. The minimum Gasteiger partial charge on any atom is -0.358 e. The molecule has 0 radical (unpaired) electrons. The summed E-state index contributed by atoms with van der Waals surface area (Å²) in [5, 5.41) is 8.09. The molecule has 4 amide bonds. The molecule has 0 aliphatic carbocycles. The van der Waals surface area contributed by atoms with Gasteiger partial charge in [-0.05, 0) is 44.0 Å². The fourth-order valence-electron chi connectivity index (χ4n) is 1.93. The molecule has 0 spiro atoms. The second kappa shape index (κ2) is 8.90. The Bertz CT molecular complexity index is 616. The van der Waals surface area contributed by atoms with Gasteiger partial charge in [0.05, 0.1) is 0 Å². The molecule has 1 aromatic carbocycles. The molecule has 0 heterocycles. The van der Waals surface area contributed by atoms with Crippen LogP contribution in [0.25, 0.3) is 0 Å². The molecule has 3 N–H and O–H groups in total. The average Bonchev–Trinajstić information content (AvgIpc) is 2.55. The quantitative estimate of drug-likeness (QED) is 0.740. The maximum Gasteiger partial charge on any atom is 0.322 e. The zero-order valence-corrected chi connectivity index (χ0v) is 14.9. The number of likely N-dealkylation sites (N-methyl/N-ethyl adjacent to an activating group) is 2. The number of carbonyl (C=O) groups excluding carboxylic acids is 3. The molecular weight excluding hydrogens is 308 g/mol. The fourth-order valence-corrected chi connectivity index (χ4v) is 1.93. The van der Waals surface area contributed by atoms with E-state index in [0.29, 0.717) is 11.3 Å². The normalized spacial score (nSPS) is 11.4. The van der Waals surface area contributed by atoms with Gasteiger partial charge in [0.15, 0.2) is 0 Å². The first-order valence-electron chi connectivity index (χ1n) is 7.92. The largest absolute Gasteiger partial charge is 0.358 e. The fraction of sp³-hybridized carbons (Fsp3) is 0.471. The van der Waals surface area contributed by atoms with Gasteiger partial charge in [0, 0.05) is 31.4 Å². The van der Waals surface area contributed by atoms with Gasteiger partial charge in [0.25, 0.3) is 5.91 Å². The number of hydrogen-bond donors (Lipinski definition) is 3. The topological polar surface area (TPSA) is 90.5 Å². The van der Waals surface area contributed by atoms with Crippen molar-refractivity contribution in [1.29, 1.82) is 0 Å². The lowest BCUT2D eigenvalue weighted by molar-refractivity contribution is -0.120. The van der Waals surface area contributed by atoms with E-state index in [1.807, 2.05) is 20.8 Å². The van der Waals surface area contributed by atoms with Crippen molar-refractivity contribution < 1.29 is 14.4 Å². The van der Waals surface area contributed by atoms with Gasteiger partial charge in [-0.15, -0.1) is 0 Å². The van der Waals surface area contributed by atoms with Crippen molar-refractivity contribution in [3.63, 3.8) is 0 Å². The van der Waals surface area contributed by atoms with Gasteiger partial charge in [-0.1, -0.05) is 6.92 Å². The summed E-state index contributed by atoms with van der Waals surface area (Å²) in [7, 11) is 3.05. The van der Waals surface area contributed by atoms with Gasteiger partial charge in [-0.2, -0.15) is 0 Å². The zero-order chi connectivity index (χ0) is 18.3. The van der Waals surface area contributed by atoms with Crippen molar-refractivity contribution in [3.05, 3.63) is 29.3 Å². The molecular formula is C17H26N4O3. The van der Waals surface area contributed by atoms with E-state index in [1.165, 1.54) is 19.0 Å². The number of anilines is 1. The molecule has 0 saturated carbocycles. The van der Waals surface area contributed by atoms with Crippen LogP contribution in [0.15, 0.2) is 18.2 Å². The number of rotatable bonds is 6.